The van der Waals surface area contributed by atoms with Gasteiger partial charge in [0.1, 0.15) is 24.8 Å². The van der Waals surface area contributed by atoms with Crippen molar-refractivity contribution in [1.29, 1.82) is 0 Å². The first-order valence-electron chi connectivity index (χ1n) is 14.7. The van der Waals surface area contributed by atoms with Gasteiger partial charge in [-0.05, 0) is 67.9 Å². The lowest BCUT2D eigenvalue weighted by atomic mass is 10.2. The van der Waals surface area contributed by atoms with E-state index >= 15 is 0 Å². The monoisotopic (exact) mass is 678 g/mol. The number of hydrogen-bond acceptors (Lipinski definition) is 10. The molecule has 15 heteroatoms. The van der Waals surface area contributed by atoms with E-state index in [1.807, 2.05) is 53.4 Å². The van der Waals surface area contributed by atoms with Gasteiger partial charge in [-0.15, -0.1) is 10.1 Å². The van der Waals surface area contributed by atoms with Crippen molar-refractivity contribution in [2.75, 3.05) is 58.1 Å². The molecule has 0 atom stereocenters. The maximum absolute atomic E-state index is 13.4. The average molecular weight is 679 g/mol. The zero-order valence-electron chi connectivity index (χ0n) is 25.8. The van der Waals surface area contributed by atoms with Crippen LogP contribution in [0.5, 0.6) is 11.5 Å². The maximum atomic E-state index is 13.4. The Balaban J connectivity index is 0.000000228. The zero-order chi connectivity index (χ0) is 34.0. The van der Waals surface area contributed by atoms with Gasteiger partial charge in [0.05, 0.1) is 0 Å². The molecule has 3 aromatic carbocycles. The van der Waals surface area contributed by atoms with Gasteiger partial charge in [-0.1, -0.05) is 29.8 Å². The van der Waals surface area contributed by atoms with Crippen molar-refractivity contribution in [3.8, 4) is 11.5 Å². The SMILES string of the molecule is CN1CCN(c2ccc(OCCOc3cc(F)ccc3F)cc2)CC1.O=CN(Cc1ccccc1Cl)C1CC1.O=COCO[N+](=O)[O-]. The Morgan fingerprint density at radius 3 is 2.28 bits per heavy atom. The van der Waals surface area contributed by atoms with Gasteiger partial charge in [-0.25, -0.2) is 8.78 Å². The van der Waals surface area contributed by atoms with Gasteiger partial charge in [0, 0.05) is 55.5 Å². The fraction of sp³-hybridized carbons (Fsp3) is 0.375. The standard InChI is InChI=1S/C19H22F2N2O2.C11H12ClNO.C2H3NO5/c1-22-8-10-23(11-9-22)16-3-5-17(6-4-16)24-12-13-25-19-14-15(20)2-7-18(19)21;12-11-4-2-1-3-9(11)7-13(8-14)10-5-6-10;4-1-7-2-8-3(5)6/h2-7,14H,8-13H2,1H3;1-4,8,10H,5-7H2;1H,2H2. The molecule has 1 saturated carbocycles. The molecule has 1 amide bonds. The van der Waals surface area contributed by atoms with E-state index in [0.29, 0.717) is 12.6 Å². The summed E-state index contributed by atoms with van der Waals surface area (Å²) in [4.78, 5) is 39.3. The fourth-order valence-electron chi connectivity index (χ4n) is 4.30. The molecule has 47 heavy (non-hydrogen) atoms. The molecule has 1 saturated heterocycles. The third-order valence-corrected chi connectivity index (χ3v) is 7.33. The Morgan fingerprint density at radius 2 is 1.66 bits per heavy atom. The summed E-state index contributed by atoms with van der Waals surface area (Å²) in [5.41, 5.74) is 2.20. The Bertz CT molecular complexity index is 1410. The number of amides is 1. The van der Waals surface area contributed by atoms with Crippen LogP contribution in [0.2, 0.25) is 5.02 Å². The molecule has 1 heterocycles. The molecule has 2 aliphatic rings. The molecule has 12 nitrogen and oxygen atoms in total. The van der Waals surface area contributed by atoms with Crippen molar-refractivity contribution in [2.45, 2.75) is 25.4 Å². The second-order valence-electron chi connectivity index (χ2n) is 10.4. The van der Waals surface area contributed by atoms with Crippen LogP contribution in [0, 0.1) is 21.7 Å². The molecule has 2 fully saturated rings. The largest absolute Gasteiger partial charge is 0.490 e. The van der Waals surface area contributed by atoms with Gasteiger partial charge in [-0.2, -0.15) is 0 Å². The highest BCUT2D eigenvalue weighted by Gasteiger charge is 2.28. The van der Waals surface area contributed by atoms with Gasteiger partial charge in [0.15, 0.2) is 11.6 Å². The van der Waals surface area contributed by atoms with Crippen LogP contribution in [0.1, 0.15) is 18.4 Å². The van der Waals surface area contributed by atoms with E-state index < -0.39 is 23.5 Å². The first-order chi connectivity index (χ1) is 22.7. The number of likely N-dealkylation sites (N-methyl/N-ethyl adjacent to an activating group) is 1. The van der Waals surface area contributed by atoms with E-state index in [9.17, 15) is 28.5 Å². The molecule has 3 aromatic rings. The lowest BCUT2D eigenvalue weighted by Gasteiger charge is -2.34. The van der Waals surface area contributed by atoms with Crippen LogP contribution in [0.3, 0.4) is 0 Å². The van der Waals surface area contributed by atoms with E-state index in [1.165, 1.54) is 5.69 Å². The number of carbonyl (C=O) groups excluding carboxylic acids is 2. The van der Waals surface area contributed by atoms with Crippen LogP contribution in [0.25, 0.3) is 0 Å². The molecule has 0 bridgehead atoms. The molecular weight excluding hydrogens is 642 g/mol. The number of carbonyl (C=O) groups is 2. The van der Waals surface area contributed by atoms with Crippen molar-refractivity contribution in [2.24, 2.45) is 0 Å². The van der Waals surface area contributed by atoms with Crippen molar-refractivity contribution in [3.63, 3.8) is 0 Å². The summed E-state index contributed by atoms with van der Waals surface area (Å²) in [6, 6.07) is 19.1. The lowest BCUT2D eigenvalue weighted by Crippen LogP contribution is -2.44. The van der Waals surface area contributed by atoms with E-state index in [1.54, 1.807) is 0 Å². The predicted molar refractivity (Wildman–Crippen MR) is 170 cm³/mol. The minimum absolute atomic E-state index is 0.0590. The van der Waals surface area contributed by atoms with Crippen LogP contribution >= 0.6 is 11.6 Å². The van der Waals surface area contributed by atoms with Gasteiger partial charge >= 0.3 is 0 Å². The normalized spacial score (nSPS) is 13.9. The molecule has 0 aromatic heterocycles. The van der Waals surface area contributed by atoms with Gasteiger partial charge in [-0.3, -0.25) is 14.4 Å². The van der Waals surface area contributed by atoms with Crippen LogP contribution in [-0.2, 0) is 25.7 Å². The van der Waals surface area contributed by atoms with Crippen molar-refractivity contribution >= 4 is 30.2 Å². The maximum Gasteiger partial charge on any atom is 0.297 e. The number of benzene rings is 3. The smallest absolute Gasteiger partial charge is 0.297 e. The third kappa shape index (κ3) is 13.7. The van der Waals surface area contributed by atoms with Gasteiger partial charge in [0.2, 0.25) is 13.2 Å². The molecule has 254 valence electrons. The number of ether oxygens (including phenoxy) is 3. The summed E-state index contributed by atoms with van der Waals surface area (Å²) in [6.07, 6.45) is 3.17. The minimum atomic E-state index is -1.05. The Kier molecular flexibility index (Phi) is 15.4. The summed E-state index contributed by atoms with van der Waals surface area (Å²) in [5.74, 6) is -0.495. The molecular formula is C32H37ClF2N4O8. The first kappa shape index (κ1) is 36.8. The summed E-state index contributed by atoms with van der Waals surface area (Å²) in [7, 11) is 2.13. The summed E-state index contributed by atoms with van der Waals surface area (Å²) < 4.78 is 41.1. The number of hydrogen-bond donors (Lipinski definition) is 0. The summed E-state index contributed by atoms with van der Waals surface area (Å²) in [6.45, 7) is 4.60. The van der Waals surface area contributed by atoms with Gasteiger partial charge < -0.3 is 28.9 Å². The number of nitrogens with zero attached hydrogens (tertiary/aromatic N) is 4. The number of rotatable bonds is 14. The third-order valence-electron chi connectivity index (χ3n) is 6.96. The highest BCUT2D eigenvalue weighted by molar-refractivity contribution is 6.31. The number of piperazine rings is 1. The van der Waals surface area contributed by atoms with Crippen molar-refractivity contribution in [1.82, 2.24) is 9.80 Å². The number of anilines is 1. The summed E-state index contributed by atoms with van der Waals surface area (Å²) in [5, 5.41) is 8.95. The molecule has 1 aliphatic carbocycles. The van der Waals surface area contributed by atoms with E-state index in [-0.39, 0.29) is 25.4 Å². The van der Waals surface area contributed by atoms with Crippen LogP contribution in [0.15, 0.2) is 66.7 Å². The highest BCUT2D eigenvalue weighted by atomic mass is 35.5. The van der Waals surface area contributed by atoms with Crippen LogP contribution in [0.4, 0.5) is 14.5 Å². The second-order valence-corrected chi connectivity index (χ2v) is 10.8. The van der Waals surface area contributed by atoms with Crippen LogP contribution in [-0.4, -0.2) is 87.0 Å². The summed E-state index contributed by atoms with van der Waals surface area (Å²) >= 11 is 6.01. The molecule has 0 spiro atoms. The predicted octanol–water partition coefficient (Wildman–Crippen LogP) is 4.96. The van der Waals surface area contributed by atoms with E-state index in [4.69, 9.17) is 21.1 Å². The number of halogens is 3. The van der Waals surface area contributed by atoms with Crippen molar-refractivity contribution < 1.29 is 42.5 Å². The van der Waals surface area contributed by atoms with Crippen molar-refractivity contribution in [3.05, 3.63) is 99.1 Å². The first-order valence-corrected chi connectivity index (χ1v) is 15.1. The van der Waals surface area contributed by atoms with Gasteiger partial charge in [0.25, 0.3) is 11.6 Å². The topological polar surface area (TPSA) is 124 Å². The molecule has 1 aliphatic heterocycles. The highest BCUT2D eigenvalue weighted by Crippen LogP contribution is 2.28. The molecule has 0 radical (unpaired) electrons. The molecule has 5 rings (SSSR count). The minimum Gasteiger partial charge on any atom is -0.490 e. The fourth-order valence-corrected chi connectivity index (χ4v) is 4.50. The average Bonchev–Trinajstić information content (AvgIpc) is 3.91. The second kappa shape index (κ2) is 19.7. The lowest BCUT2D eigenvalue weighted by molar-refractivity contribution is -0.765. The Labute approximate surface area is 276 Å². The zero-order valence-corrected chi connectivity index (χ0v) is 26.6. The molecule has 0 unspecified atom stereocenters. The van der Waals surface area contributed by atoms with Crippen LogP contribution < -0.4 is 14.4 Å². The Hall–Kier alpha value is -4.69. The van der Waals surface area contributed by atoms with E-state index in [2.05, 4.69) is 26.4 Å². The van der Waals surface area contributed by atoms with E-state index in [0.717, 1.165) is 80.0 Å². The Morgan fingerprint density at radius 1 is 0.979 bits per heavy atom. The molecule has 0 N–H and O–H groups in total. The quantitative estimate of drug-likeness (QED) is 0.0760.